The Morgan fingerprint density at radius 3 is 2.06 bits per heavy atom. The number of rotatable bonds is 7. The first-order valence-electron chi connectivity index (χ1n) is 11.2. The van der Waals surface area contributed by atoms with Gasteiger partial charge in [-0.25, -0.2) is 9.59 Å². The molecule has 3 rings (SSSR count). The van der Waals surface area contributed by atoms with Gasteiger partial charge in [-0.15, -0.1) is 0 Å². The van der Waals surface area contributed by atoms with E-state index in [4.69, 9.17) is 9.47 Å². The number of carbonyl (C=O) groups is 3. The zero-order valence-electron chi connectivity index (χ0n) is 20.3. The molecule has 0 aliphatic heterocycles. The molecule has 35 heavy (non-hydrogen) atoms. The summed E-state index contributed by atoms with van der Waals surface area (Å²) in [6.45, 7) is 6.68. The molecule has 1 amide bonds. The van der Waals surface area contributed by atoms with E-state index in [1.54, 1.807) is 39.8 Å². The van der Waals surface area contributed by atoms with Crippen molar-refractivity contribution in [2.75, 3.05) is 6.54 Å². The Morgan fingerprint density at radius 1 is 0.886 bits per heavy atom. The molecule has 0 spiro atoms. The molecule has 0 saturated carbocycles. The van der Waals surface area contributed by atoms with Crippen LogP contribution in [-0.2, 0) is 16.1 Å². The summed E-state index contributed by atoms with van der Waals surface area (Å²) in [6.07, 6.45) is -0.777. The second-order valence-electron chi connectivity index (χ2n) is 9.05. The predicted octanol–water partition coefficient (Wildman–Crippen LogP) is 5.70. The molecule has 0 radical (unpaired) electrons. The largest absolute Gasteiger partial charge is 0.478 e. The summed E-state index contributed by atoms with van der Waals surface area (Å²) < 4.78 is 10.9. The molecule has 0 aromatic heterocycles. The Kier molecular flexibility index (Phi) is 7.91. The van der Waals surface area contributed by atoms with Crippen LogP contribution in [0.15, 0.2) is 72.8 Å². The summed E-state index contributed by atoms with van der Waals surface area (Å²) in [4.78, 5) is 38.9. The van der Waals surface area contributed by atoms with Gasteiger partial charge < -0.3 is 14.6 Å². The van der Waals surface area contributed by atoms with Crippen molar-refractivity contribution in [1.82, 2.24) is 4.90 Å². The van der Waals surface area contributed by atoms with Crippen LogP contribution in [0.25, 0.3) is 11.1 Å². The molecule has 3 aromatic carbocycles. The quantitative estimate of drug-likeness (QED) is 0.441. The Hall–Kier alpha value is -4.13. The first-order chi connectivity index (χ1) is 16.6. The average molecular weight is 476 g/mol. The number of carboxylic acids is 1. The van der Waals surface area contributed by atoms with Crippen molar-refractivity contribution >= 4 is 18.0 Å². The number of hydrogen-bond acceptors (Lipinski definition) is 5. The van der Waals surface area contributed by atoms with Crippen LogP contribution in [0, 0.1) is 6.92 Å². The third-order valence-electron chi connectivity index (χ3n) is 5.47. The molecule has 1 N–H and O–H groups in total. The van der Waals surface area contributed by atoms with Crippen molar-refractivity contribution in [2.45, 2.75) is 39.8 Å². The Bertz CT molecular complexity index is 1200. The minimum Gasteiger partial charge on any atom is -0.478 e. The summed E-state index contributed by atoms with van der Waals surface area (Å²) in [6, 6.07) is 21.5. The third kappa shape index (κ3) is 6.47. The fourth-order valence-electron chi connectivity index (χ4n) is 3.57. The molecule has 0 atom stereocenters. The van der Waals surface area contributed by atoms with Crippen LogP contribution < -0.4 is 4.74 Å². The van der Waals surface area contributed by atoms with Crippen molar-refractivity contribution in [3.05, 3.63) is 89.5 Å². The maximum atomic E-state index is 13.1. The maximum absolute atomic E-state index is 13.1. The van der Waals surface area contributed by atoms with Crippen LogP contribution in [0.5, 0.6) is 5.75 Å². The van der Waals surface area contributed by atoms with Crippen LogP contribution in [0.4, 0.5) is 4.79 Å². The summed E-state index contributed by atoms with van der Waals surface area (Å²) in [7, 11) is 0. The fourth-order valence-corrected chi connectivity index (χ4v) is 3.57. The van der Waals surface area contributed by atoms with Gasteiger partial charge in [0, 0.05) is 11.1 Å². The fraction of sp³-hybridized carbons (Fsp3) is 0.250. The van der Waals surface area contributed by atoms with Crippen LogP contribution >= 0.6 is 0 Å². The highest BCUT2D eigenvalue weighted by Crippen LogP contribution is 2.32. The van der Waals surface area contributed by atoms with Gasteiger partial charge >= 0.3 is 18.0 Å². The molecule has 0 bridgehead atoms. The van der Waals surface area contributed by atoms with Crippen molar-refractivity contribution in [2.24, 2.45) is 0 Å². The van der Waals surface area contributed by atoms with E-state index in [2.05, 4.69) is 0 Å². The number of hydrogen-bond donors (Lipinski definition) is 1. The van der Waals surface area contributed by atoms with Crippen molar-refractivity contribution in [1.29, 1.82) is 0 Å². The van der Waals surface area contributed by atoms with Crippen molar-refractivity contribution < 1.29 is 29.0 Å². The number of esters is 1. The summed E-state index contributed by atoms with van der Waals surface area (Å²) >= 11 is 0. The summed E-state index contributed by atoms with van der Waals surface area (Å²) in [5, 5.41) is 9.86. The molecule has 0 heterocycles. The minimum atomic E-state index is -1.13. The molecule has 0 saturated heterocycles. The highest BCUT2D eigenvalue weighted by molar-refractivity contribution is 5.98. The molecule has 7 nitrogen and oxygen atoms in total. The SMILES string of the molecule is Cc1c(OC(=O)N(CC(=O)OCc2ccccc2)C(C)(C)C)ccc(-c2ccccc2)c1C(=O)O. The monoisotopic (exact) mass is 475 g/mol. The maximum Gasteiger partial charge on any atom is 0.416 e. The minimum absolute atomic E-state index is 0.0473. The van der Waals surface area contributed by atoms with Gasteiger partial charge in [0.05, 0.1) is 5.56 Å². The molecule has 7 heteroatoms. The van der Waals surface area contributed by atoms with Gasteiger partial charge in [0.25, 0.3) is 0 Å². The Morgan fingerprint density at radius 2 is 1.49 bits per heavy atom. The van der Waals surface area contributed by atoms with Gasteiger partial charge in [-0.3, -0.25) is 9.69 Å². The van der Waals surface area contributed by atoms with Gasteiger partial charge in [0.2, 0.25) is 0 Å². The summed E-state index contributed by atoms with van der Waals surface area (Å²) in [5.41, 5.74) is 1.70. The second kappa shape index (κ2) is 10.9. The van der Waals surface area contributed by atoms with E-state index in [1.807, 2.05) is 60.7 Å². The lowest BCUT2D eigenvalue weighted by molar-refractivity contribution is -0.146. The number of aromatic carboxylic acids is 1. The molecular weight excluding hydrogens is 446 g/mol. The number of carbonyl (C=O) groups excluding carboxylic acids is 2. The smallest absolute Gasteiger partial charge is 0.416 e. The van der Waals surface area contributed by atoms with E-state index in [9.17, 15) is 19.5 Å². The Balaban J connectivity index is 1.80. The lowest BCUT2D eigenvalue weighted by Crippen LogP contribution is -2.49. The molecule has 0 fully saturated rings. The molecule has 182 valence electrons. The van der Waals surface area contributed by atoms with Crippen LogP contribution in [-0.4, -0.2) is 40.1 Å². The van der Waals surface area contributed by atoms with Gasteiger partial charge in [0.15, 0.2) is 0 Å². The highest BCUT2D eigenvalue weighted by Gasteiger charge is 2.31. The van der Waals surface area contributed by atoms with Gasteiger partial charge in [-0.2, -0.15) is 0 Å². The number of amides is 1. The van der Waals surface area contributed by atoms with Crippen molar-refractivity contribution in [3.63, 3.8) is 0 Å². The number of carboxylic acid groups (broad SMARTS) is 1. The topological polar surface area (TPSA) is 93.1 Å². The lowest BCUT2D eigenvalue weighted by Gasteiger charge is -2.34. The molecular formula is C28H29NO6. The second-order valence-corrected chi connectivity index (χ2v) is 9.05. The third-order valence-corrected chi connectivity index (χ3v) is 5.47. The number of nitrogens with zero attached hydrogens (tertiary/aromatic N) is 1. The molecule has 3 aromatic rings. The Labute approximate surface area is 204 Å². The number of benzene rings is 3. The lowest BCUT2D eigenvalue weighted by atomic mass is 9.95. The average Bonchev–Trinajstić information content (AvgIpc) is 2.82. The van der Waals surface area contributed by atoms with Crippen LogP contribution in [0.1, 0.15) is 42.3 Å². The summed E-state index contributed by atoms with van der Waals surface area (Å²) in [5.74, 6) is -1.60. The molecule has 0 aliphatic carbocycles. The van der Waals surface area contributed by atoms with Crippen LogP contribution in [0.3, 0.4) is 0 Å². The van der Waals surface area contributed by atoms with E-state index < -0.39 is 23.6 Å². The zero-order chi connectivity index (χ0) is 25.6. The van der Waals surface area contributed by atoms with Gasteiger partial charge in [-0.05, 0) is 56.5 Å². The standard InChI is InChI=1S/C28H29NO6/c1-19-23(16-15-22(25(19)26(31)32)21-13-9-6-10-14-21)35-27(33)29(28(2,3)4)17-24(30)34-18-20-11-7-5-8-12-20/h5-16H,17-18H2,1-4H3,(H,31,32). The first kappa shape index (κ1) is 25.5. The van der Waals surface area contributed by atoms with Crippen LogP contribution in [0.2, 0.25) is 0 Å². The van der Waals surface area contributed by atoms with Crippen molar-refractivity contribution in [3.8, 4) is 16.9 Å². The van der Waals surface area contributed by atoms with E-state index >= 15 is 0 Å². The molecule has 0 unspecified atom stereocenters. The van der Waals surface area contributed by atoms with E-state index in [0.717, 1.165) is 11.1 Å². The van der Waals surface area contributed by atoms with E-state index in [1.165, 1.54) is 4.90 Å². The highest BCUT2D eigenvalue weighted by atomic mass is 16.6. The van der Waals surface area contributed by atoms with Gasteiger partial charge in [-0.1, -0.05) is 60.7 Å². The predicted molar refractivity (Wildman–Crippen MR) is 132 cm³/mol. The zero-order valence-corrected chi connectivity index (χ0v) is 20.3. The number of ether oxygens (including phenoxy) is 2. The normalized spacial score (nSPS) is 11.0. The molecule has 0 aliphatic rings. The van der Waals surface area contributed by atoms with E-state index in [0.29, 0.717) is 11.1 Å². The van der Waals surface area contributed by atoms with Gasteiger partial charge in [0.1, 0.15) is 18.9 Å². The van der Waals surface area contributed by atoms with E-state index in [-0.39, 0.29) is 24.5 Å². The first-order valence-corrected chi connectivity index (χ1v) is 11.2.